The number of aromatic nitrogens is 2. The molecular formula is C11H6ClF3N2O. The molecule has 0 aliphatic carbocycles. The average Bonchev–Trinajstić information content (AvgIpc) is 2.28. The number of nitrogens with zero attached hydrogens (tertiary/aromatic N) is 2. The molecule has 94 valence electrons. The van der Waals surface area contributed by atoms with Crippen LogP contribution in [-0.4, -0.2) is 9.97 Å². The SMILES string of the molecule is FC(F)(F)c1ccccc1Oc1ccnc(Cl)n1. The Morgan fingerprint density at radius 2 is 1.83 bits per heavy atom. The van der Waals surface area contributed by atoms with Crippen LogP contribution in [0.25, 0.3) is 0 Å². The highest BCUT2D eigenvalue weighted by molar-refractivity contribution is 6.28. The van der Waals surface area contributed by atoms with E-state index in [0.29, 0.717) is 0 Å². The van der Waals surface area contributed by atoms with Gasteiger partial charge < -0.3 is 4.74 Å². The zero-order chi connectivity index (χ0) is 13.2. The first-order chi connectivity index (χ1) is 8.47. The van der Waals surface area contributed by atoms with Crippen molar-refractivity contribution in [2.45, 2.75) is 6.18 Å². The third-order valence-corrected chi connectivity index (χ3v) is 2.19. The molecule has 2 rings (SSSR count). The predicted octanol–water partition coefficient (Wildman–Crippen LogP) is 3.94. The van der Waals surface area contributed by atoms with Crippen molar-refractivity contribution in [3.8, 4) is 11.6 Å². The van der Waals surface area contributed by atoms with Gasteiger partial charge in [0.25, 0.3) is 0 Å². The van der Waals surface area contributed by atoms with Crippen LogP contribution in [0.2, 0.25) is 5.28 Å². The van der Waals surface area contributed by atoms with E-state index in [4.69, 9.17) is 16.3 Å². The fraction of sp³-hybridized carbons (Fsp3) is 0.0909. The Kier molecular flexibility index (Phi) is 3.38. The Labute approximate surface area is 105 Å². The van der Waals surface area contributed by atoms with Gasteiger partial charge in [0.15, 0.2) is 0 Å². The molecule has 3 nitrogen and oxygen atoms in total. The van der Waals surface area contributed by atoms with E-state index in [2.05, 4.69) is 9.97 Å². The van der Waals surface area contributed by atoms with Crippen LogP contribution in [0.5, 0.6) is 11.6 Å². The molecule has 0 aliphatic rings. The summed E-state index contributed by atoms with van der Waals surface area (Å²) in [5.74, 6) is -0.383. The maximum Gasteiger partial charge on any atom is 0.419 e. The largest absolute Gasteiger partial charge is 0.438 e. The van der Waals surface area contributed by atoms with Gasteiger partial charge in [-0.2, -0.15) is 18.2 Å². The van der Waals surface area contributed by atoms with Gasteiger partial charge in [-0.05, 0) is 23.7 Å². The Balaban J connectivity index is 2.35. The van der Waals surface area contributed by atoms with Crippen molar-refractivity contribution in [1.82, 2.24) is 9.97 Å². The van der Waals surface area contributed by atoms with Crippen LogP contribution >= 0.6 is 11.6 Å². The molecule has 0 atom stereocenters. The van der Waals surface area contributed by atoms with E-state index in [9.17, 15) is 13.2 Å². The lowest BCUT2D eigenvalue weighted by Gasteiger charge is -2.12. The average molecular weight is 275 g/mol. The molecule has 0 saturated carbocycles. The van der Waals surface area contributed by atoms with E-state index in [-0.39, 0.29) is 16.9 Å². The van der Waals surface area contributed by atoms with Gasteiger partial charge in [-0.25, -0.2) is 4.98 Å². The number of benzene rings is 1. The molecule has 0 unspecified atom stereocenters. The van der Waals surface area contributed by atoms with Crippen molar-refractivity contribution in [1.29, 1.82) is 0 Å². The highest BCUT2D eigenvalue weighted by Gasteiger charge is 2.34. The molecule has 2 aromatic rings. The summed E-state index contributed by atoms with van der Waals surface area (Å²) in [7, 11) is 0. The number of rotatable bonds is 2. The quantitative estimate of drug-likeness (QED) is 0.778. The third kappa shape index (κ3) is 2.89. The minimum atomic E-state index is -4.49. The molecule has 0 spiro atoms. The summed E-state index contributed by atoms with van der Waals surface area (Å²) in [5, 5.41) is -0.100. The van der Waals surface area contributed by atoms with Crippen LogP contribution < -0.4 is 4.74 Å². The molecular weight excluding hydrogens is 269 g/mol. The summed E-state index contributed by atoms with van der Waals surface area (Å²) in [6.07, 6.45) is -3.20. The van der Waals surface area contributed by atoms with Gasteiger partial charge in [0.1, 0.15) is 5.75 Å². The summed E-state index contributed by atoms with van der Waals surface area (Å²) in [6, 6.07) is 6.17. The van der Waals surface area contributed by atoms with Crippen LogP contribution in [0.4, 0.5) is 13.2 Å². The molecule has 1 heterocycles. The van der Waals surface area contributed by atoms with Gasteiger partial charge in [0.2, 0.25) is 11.2 Å². The maximum absolute atomic E-state index is 12.7. The second-order valence-corrected chi connectivity index (χ2v) is 3.60. The Bertz CT molecular complexity index is 560. The first kappa shape index (κ1) is 12.6. The van der Waals surface area contributed by atoms with Crippen LogP contribution in [0.15, 0.2) is 36.5 Å². The third-order valence-electron chi connectivity index (χ3n) is 2.01. The molecule has 0 amide bonds. The van der Waals surface area contributed by atoms with Gasteiger partial charge in [-0.15, -0.1) is 0 Å². The standard InChI is InChI=1S/C11H6ClF3N2O/c12-10-16-6-5-9(17-10)18-8-4-2-1-3-7(8)11(13,14)15/h1-6H. The van der Waals surface area contributed by atoms with Crippen LogP contribution in [0, 0.1) is 0 Å². The smallest absolute Gasteiger partial charge is 0.419 e. The first-order valence-electron chi connectivity index (χ1n) is 4.79. The number of alkyl halides is 3. The number of para-hydroxylation sites is 1. The van der Waals surface area contributed by atoms with E-state index in [1.165, 1.54) is 30.5 Å². The Morgan fingerprint density at radius 3 is 2.50 bits per heavy atom. The molecule has 0 saturated heterocycles. The molecule has 0 N–H and O–H groups in total. The van der Waals surface area contributed by atoms with E-state index in [0.717, 1.165) is 6.07 Å². The molecule has 0 bridgehead atoms. The summed E-state index contributed by atoms with van der Waals surface area (Å²) >= 11 is 5.52. The van der Waals surface area contributed by atoms with Gasteiger partial charge in [0, 0.05) is 12.3 Å². The lowest BCUT2D eigenvalue weighted by atomic mass is 10.2. The molecule has 0 fully saturated rings. The zero-order valence-electron chi connectivity index (χ0n) is 8.78. The molecule has 0 radical (unpaired) electrons. The van der Waals surface area contributed by atoms with E-state index in [1.807, 2.05) is 0 Å². The van der Waals surface area contributed by atoms with Crippen molar-refractivity contribution in [3.63, 3.8) is 0 Å². The van der Waals surface area contributed by atoms with E-state index < -0.39 is 11.7 Å². The molecule has 18 heavy (non-hydrogen) atoms. The number of hydrogen-bond acceptors (Lipinski definition) is 3. The summed E-state index contributed by atoms with van der Waals surface area (Å²) in [5.41, 5.74) is -0.875. The lowest BCUT2D eigenvalue weighted by molar-refractivity contribution is -0.138. The van der Waals surface area contributed by atoms with Crippen molar-refractivity contribution in [2.24, 2.45) is 0 Å². The fourth-order valence-electron chi connectivity index (χ4n) is 1.28. The number of ether oxygens (including phenoxy) is 1. The fourth-order valence-corrected chi connectivity index (χ4v) is 1.42. The van der Waals surface area contributed by atoms with Gasteiger partial charge in [-0.3, -0.25) is 0 Å². The second-order valence-electron chi connectivity index (χ2n) is 3.26. The number of halogens is 4. The monoisotopic (exact) mass is 274 g/mol. The molecule has 7 heteroatoms. The van der Waals surface area contributed by atoms with Gasteiger partial charge >= 0.3 is 6.18 Å². The van der Waals surface area contributed by atoms with Crippen LogP contribution in [-0.2, 0) is 6.18 Å². The van der Waals surface area contributed by atoms with Crippen LogP contribution in [0.1, 0.15) is 5.56 Å². The van der Waals surface area contributed by atoms with Gasteiger partial charge in [-0.1, -0.05) is 12.1 Å². The highest BCUT2D eigenvalue weighted by Crippen LogP contribution is 2.37. The topological polar surface area (TPSA) is 35.0 Å². The van der Waals surface area contributed by atoms with E-state index >= 15 is 0 Å². The normalized spacial score (nSPS) is 11.3. The Morgan fingerprint density at radius 1 is 1.11 bits per heavy atom. The summed E-state index contributed by atoms with van der Waals surface area (Å²) in [6.45, 7) is 0. The summed E-state index contributed by atoms with van der Waals surface area (Å²) < 4.78 is 43.1. The highest BCUT2D eigenvalue weighted by atomic mass is 35.5. The van der Waals surface area contributed by atoms with E-state index in [1.54, 1.807) is 0 Å². The van der Waals surface area contributed by atoms with Crippen molar-refractivity contribution < 1.29 is 17.9 Å². The molecule has 0 aliphatic heterocycles. The molecule has 1 aromatic heterocycles. The Hall–Kier alpha value is -1.82. The lowest BCUT2D eigenvalue weighted by Crippen LogP contribution is -2.07. The van der Waals surface area contributed by atoms with Crippen molar-refractivity contribution >= 4 is 11.6 Å². The number of hydrogen-bond donors (Lipinski definition) is 0. The zero-order valence-corrected chi connectivity index (χ0v) is 9.53. The minimum Gasteiger partial charge on any atom is -0.438 e. The second kappa shape index (κ2) is 4.81. The predicted molar refractivity (Wildman–Crippen MR) is 58.6 cm³/mol. The van der Waals surface area contributed by atoms with Gasteiger partial charge in [0.05, 0.1) is 5.56 Å². The maximum atomic E-state index is 12.7. The minimum absolute atomic E-state index is 0.0494. The van der Waals surface area contributed by atoms with Crippen molar-refractivity contribution in [3.05, 3.63) is 47.4 Å². The molecule has 1 aromatic carbocycles. The first-order valence-corrected chi connectivity index (χ1v) is 5.17. The van der Waals surface area contributed by atoms with Crippen molar-refractivity contribution in [2.75, 3.05) is 0 Å². The van der Waals surface area contributed by atoms with Crippen LogP contribution in [0.3, 0.4) is 0 Å². The summed E-state index contributed by atoms with van der Waals surface area (Å²) in [4.78, 5) is 7.26.